The van der Waals surface area contributed by atoms with E-state index in [0.717, 1.165) is 40.3 Å². The van der Waals surface area contributed by atoms with E-state index >= 15 is 0 Å². The Morgan fingerprint density at radius 1 is 0.652 bits per heavy atom. The van der Waals surface area contributed by atoms with E-state index in [-0.39, 0.29) is 18.3 Å². The van der Waals surface area contributed by atoms with Crippen LogP contribution in [0, 0.1) is 0 Å². The van der Waals surface area contributed by atoms with Crippen LogP contribution in [0.25, 0.3) is 43.6 Å². The van der Waals surface area contributed by atoms with Gasteiger partial charge in [-0.05, 0) is 89.2 Å². The van der Waals surface area contributed by atoms with E-state index in [4.69, 9.17) is 0 Å². The van der Waals surface area contributed by atoms with E-state index in [9.17, 15) is 19.8 Å². The number of carboxylic acids is 2. The Hall–Kier alpha value is -4.58. The highest BCUT2D eigenvalue weighted by Gasteiger charge is 2.24. The summed E-state index contributed by atoms with van der Waals surface area (Å²) in [5.41, 5.74) is 8.13. The number of aliphatic carboxylic acids is 2. The number of carbonyl (C=O) groups is 2. The highest BCUT2D eigenvalue weighted by molar-refractivity contribution is 6.09. The molecule has 1 unspecified atom stereocenters. The van der Waals surface area contributed by atoms with Gasteiger partial charge < -0.3 is 19.3 Å². The average molecular weight is 617 g/mol. The molecule has 6 heteroatoms. The zero-order valence-corrected chi connectivity index (χ0v) is 27.5. The van der Waals surface area contributed by atoms with Gasteiger partial charge in [-0.3, -0.25) is 9.59 Å². The highest BCUT2D eigenvalue weighted by Crippen LogP contribution is 2.39. The Morgan fingerprint density at radius 2 is 1.15 bits per heavy atom. The first-order valence-electron chi connectivity index (χ1n) is 16.5. The Bertz CT molecular complexity index is 2100. The topological polar surface area (TPSA) is 84.5 Å². The molecule has 0 spiro atoms. The molecule has 46 heavy (non-hydrogen) atoms. The molecule has 0 fully saturated rings. The maximum absolute atomic E-state index is 11.4. The van der Waals surface area contributed by atoms with Crippen molar-refractivity contribution in [2.24, 2.45) is 0 Å². The zero-order valence-electron chi connectivity index (χ0n) is 27.5. The number of aromatic nitrogens is 2. The SMILES string of the molecule is CC(C)c1ccc2c(c1)c1cc(C(C)CCC(C)(C)c3ccc4c(c3)c3ccccc3n4CCC(=O)O)ccc1n2CCC(=O)O. The van der Waals surface area contributed by atoms with Crippen LogP contribution >= 0.6 is 0 Å². The standard InChI is InChI=1S/C40H44N2O4/c1-25(2)27-10-13-35-31(22-27)32-23-28(11-14-36(32)42(35)21-18-39(45)46)26(3)16-19-40(4,5)29-12-15-37-33(24-29)30-8-6-7-9-34(30)41(37)20-17-38(43)44/h6-15,22-26H,16-21H2,1-5H3,(H,43,44)(H,45,46). The molecule has 2 aromatic heterocycles. The van der Waals surface area contributed by atoms with E-state index in [1.54, 1.807) is 0 Å². The molecular weight excluding hydrogens is 572 g/mol. The third kappa shape index (κ3) is 5.89. The van der Waals surface area contributed by atoms with Gasteiger partial charge in [0, 0.05) is 56.7 Å². The lowest BCUT2D eigenvalue weighted by molar-refractivity contribution is -0.138. The van der Waals surface area contributed by atoms with Crippen molar-refractivity contribution >= 4 is 55.6 Å². The third-order valence-corrected chi connectivity index (χ3v) is 10.0. The second-order valence-corrected chi connectivity index (χ2v) is 13.9. The molecule has 6 rings (SSSR count). The third-order valence-electron chi connectivity index (χ3n) is 10.0. The van der Waals surface area contributed by atoms with Crippen LogP contribution in [0.2, 0.25) is 0 Å². The van der Waals surface area contributed by atoms with E-state index < -0.39 is 11.9 Å². The van der Waals surface area contributed by atoms with Gasteiger partial charge in [0.1, 0.15) is 0 Å². The van der Waals surface area contributed by atoms with Crippen molar-refractivity contribution in [3.05, 3.63) is 95.6 Å². The lowest BCUT2D eigenvalue weighted by Crippen LogP contribution is -2.18. The van der Waals surface area contributed by atoms with Gasteiger partial charge in [-0.1, -0.05) is 71.0 Å². The van der Waals surface area contributed by atoms with Crippen molar-refractivity contribution in [2.45, 2.75) is 90.6 Å². The molecule has 0 amide bonds. The number of hydrogen-bond acceptors (Lipinski definition) is 2. The van der Waals surface area contributed by atoms with Gasteiger partial charge in [-0.25, -0.2) is 0 Å². The molecule has 6 aromatic rings. The summed E-state index contributed by atoms with van der Waals surface area (Å²) in [6.07, 6.45) is 2.21. The zero-order chi connectivity index (χ0) is 32.7. The van der Waals surface area contributed by atoms with E-state index in [1.165, 1.54) is 32.8 Å². The minimum atomic E-state index is -0.791. The Labute approximate surface area is 270 Å². The van der Waals surface area contributed by atoms with E-state index in [1.807, 2.05) is 12.1 Å². The van der Waals surface area contributed by atoms with Gasteiger partial charge in [0.2, 0.25) is 0 Å². The number of benzene rings is 4. The smallest absolute Gasteiger partial charge is 0.305 e. The summed E-state index contributed by atoms with van der Waals surface area (Å²) >= 11 is 0. The summed E-state index contributed by atoms with van der Waals surface area (Å²) in [6.45, 7) is 12.2. The first-order chi connectivity index (χ1) is 21.9. The maximum atomic E-state index is 11.4. The maximum Gasteiger partial charge on any atom is 0.305 e. The first kappa shape index (κ1) is 31.4. The molecule has 0 saturated carbocycles. The molecule has 0 aliphatic rings. The average Bonchev–Trinajstić information content (AvgIpc) is 3.52. The fourth-order valence-corrected chi connectivity index (χ4v) is 7.06. The summed E-state index contributed by atoms with van der Waals surface area (Å²) < 4.78 is 4.30. The number of rotatable bonds is 12. The van der Waals surface area contributed by atoms with Gasteiger partial charge in [0.15, 0.2) is 0 Å². The second kappa shape index (κ2) is 12.3. The molecular formula is C40H44N2O4. The fourth-order valence-electron chi connectivity index (χ4n) is 7.06. The van der Waals surface area contributed by atoms with Crippen LogP contribution in [-0.4, -0.2) is 31.3 Å². The summed E-state index contributed by atoms with van der Waals surface area (Å²) in [4.78, 5) is 22.8. The van der Waals surface area contributed by atoms with Gasteiger partial charge in [-0.2, -0.15) is 0 Å². The number of hydrogen-bond donors (Lipinski definition) is 2. The Kier molecular flexibility index (Phi) is 8.41. The van der Waals surface area contributed by atoms with Crippen LogP contribution in [0.15, 0.2) is 78.9 Å². The first-order valence-corrected chi connectivity index (χ1v) is 16.5. The molecule has 2 heterocycles. The molecule has 238 valence electrons. The van der Waals surface area contributed by atoms with Crippen molar-refractivity contribution in [2.75, 3.05) is 0 Å². The molecule has 4 aromatic carbocycles. The summed E-state index contributed by atoms with van der Waals surface area (Å²) in [6, 6.07) is 28.3. The van der Waals surface area contributed by atoms with Crippen molar-refractivity contribution in [3.63, 3.8) is 0 Å². The monoisotopic (exact) mass is 616 g/mol. The Balaban J connectivity index is 1.29. The molecule has 0 radical (unpaired) electrons. The number of aryl methyl sites for hydroxylation is 2. The van der Waals surface area contributed by atoms with Crippen molar-refractivity contribution in [1.82, 2.24) is 9.13 Å². The number of para-hydroxylation sites is 1. The predicted octanol–water partition coefficient (Wildman–Crippen LogP) is 9.84. The van der Waals surface area contributed by atoms with Crippen LogP contribution < -0.4 is 0 Å². The van der Waals surface area contributed by atoms with Gasteiger partial charge in [0.25, 0.3) is 0 Å². The quantitative estimate of drug-likeness (QED) is 0.143. The van der Waals surface area contributed by atoms with E-state index in [0.29, 0.717) is 24.9 Å². The van der Waals surface area contributed by atoms with E-state index in [2.05, 4.69) is 110 Å². The highest BCUT2D eigenvalue weighted by atomic mass is 16.4. The predicted molar refractivity (Wildman–Crippen MR) is 188 cm³/mol. The minimum Gasteiger partial charge on any atom is -0.481 e. The fraction of sp³-hybridized carbons (Fsp3) is 0.350. The Morgan fingerprint density at radius 3 is 1.74 bits per heavy atom. The van der Waals surface area contributed by atoms with Crippen LogP contribution in [0.5, 0.6) is 0 Å². The molecule has 2 N–H and O–H groups in total. The van der Waals surface area contributed by atoms with Crippen molar-refractivity contribution in [1.29, 1.82) is 0 Å². The minimum absolute atomic E-state index is 0.0597. The lowest BCUT2D eigenvalue weighted by atomic mass is 9.77. The van der Waals surface area contributed by atoms with Gasteiger partial charge >= 0.3 is 11.9 Å². The normalized spacial score (nSPS) is 13.0. The molecule has 0 aliphatic heterocycles. The largest absolute Gasteiger partial charge is 0.481 e. The van der Waals surface area contributed by atoms with Crippen LogP contribution in [0.3, 0.4) is 0 Å². The number of carboxylic acid groups (broad SMARTS) is 2. The molecule has 0 bridgehead atoms. The van der Waals surface area contributed by atoms with Crippen LogP contribution in [0.1, 0.15) is 88.8 Å². The number of nitrogens with zero attached hydrogens (tertiary/aromatic N) is 2. The molecule has 0 saturated heterocycles. The van der Waals surface area contributed by atoms with Crippen molar-refractivity contribution in [3.8, 4) is 0 Å². The molecule has 0 aliphatic carbocycles. The number of fused-ring (bicyclic) bond motifs is 6. The summed E-state index contributed by atoms with van der Waals surface area (Å²) in [5, 5.41) is 23.4. The summed E-state index contributed by atoms with van der Waals surface area (Å²) in [5.74, 6) is -0.825. The van der Waals surface area contributed by atoms with Crippen LogP contribution in [-0.2, 0) is 28.1 Å². The van der Waals surface area contributed by atoms with Gasteiger partial charge in [0.05, 0.1) is 12.8 Å². The van der Waals surface area contributed by atoms with Gasteiger partial charge in [-0.15, -0.1) is 0 Å². The molecule has 1 atom stereocenters. The van der Waals surface area contributed by atoms with Crippen LogP contribution in [0.4, 0.5) is 0 Å². The lowest BCUT2D eigenvalue weighted by Gasteiger charge is -2.27. The van der Waals surface area contributed by atoms with Crippen molar-refractivity contribution < 1.29 is 19.8 Å². The summed E-state index contributed by atoms with van der Waals surface area (Å²) in [7, 11) is 0. The second-order valence-electron chi connectivity index (χ2n) is 13.9. The molecule has 6 nitrogen and oxygen atoms in total.